The highest BCUT2D eigenvalue weighted by atomic mass is 79.9. The van der Waals surface area contributed by atoms with Crippen LogP contribution in [-0.2, 0) is 80.5 Å². The van der Waals surface area contributed by atoms with Crippen molar-refractivity contribution in [3.05, 3.63) is 185 Å². The topological polar surface area (TPSA) is 398 Å². The largest absolute Gasteiger partial charge is 0.477 e. The van der Waals surface area contributed by atoms with Crippen molar-refractivity contribution < 1.29 is 53.0 Å². The van der Waals surface area contributed by atoms with Crippen molar-refractivity contribution in [3.8, 4) is 39.3 Å². The van der Waals surface area contributed by atoms with Crippen LogP contribution in [0.4, 0.5) is 17.5 Å². The van der Waals surface area contributed by atoms with Gasteiger partial charge in [-0.1, -0.05) is 39.0 Å². The molecule has 13 heterocycles. The minimum Gasteiger partial charge on any atom is -0.477 e. The molecule has 9 aliphatic rings. The molecule has 666 valence electrons. The minimum atomic E-state index is -0.646. The molecule has 6 amide bonds. The van der Waals surface area contributed by atoms with Crippen LogP contribution in [0.25, 0.3) is 66.1 Å². The van der Waals surface area contributed by atoms with E-state index in [2.05, 4.69) is 151 Å². The number of pyridine rings is 3. The van der Waals surface area contributed by atoms with E-state index < -0.39 is 24.2 Å². The molecule has 9 aromatic heterocycles. The number of aliphatic hydroxyl groups is 1. The van der Waals surface area contributed by atoms with Gasteiger partial charge in [0.1, 0.15) is 104 Å². The average molecular weight is 1950 g/mol. The molecule has 6 fully saturated rings. The molecule has 4 N–H and O–H groups in total. The van der Waals surface area contributed by atoms with Crippen LogP contribution in [0, 0.1) is 57.8 Å². The van der Waals surface area contributed by atoms with Crippen LogP contribution in [0.2, 0.25) is 0 Å². The van der Waals surface area contributed by atoms with E-state index in [4.69, 9.17) is 4.74 Å². The Morgan fingerprint density at radius 3 is 1.18 bits per heavy atom. The van der Waals surface area contributed by atoms with Gasteiger partial charge in [-0.25, -0.2) is 39.9 Å². The summed E-state index contributed by atoms with van der Waals surface area (Å²) in [5.74, 6) is 1.88. The molecule has 35 heteroatoms. The van der Waals surface area contributed by atoms with Gasteiger partial charge in [0.25, 0.3) is 0 Å². The summed E-state index contributed by atoms with van der Waals surface area (Å²) in [5.41, 5.74) is 15.1. The Morgan fingerprint density at radius 2 is 0.777 bits per heavy atom. The van der Waals surface area contributed by atoms with E-state index in [1.54, 1.807) is 41.1 Å². The molecule has 3 saturated heterocycles. The standard InChI is InChI=1S/C32H32BrN7O4.C32H32BrN7O3.C31H30BrN7O4/c1-15-5-6-27(33)36-30(15)37-31(44)25-11-32(4)12-26(32)40(25)28(43)14-39-24-8-18-7-19(42)9-23-22(13-34-17(3)35-23)20(18)10-21(24)29(38-39)16(2)41;1-16-8-9-27(33)36-30(16)37-31(43)25-12-32(4)13-26(32)40(25)28(42)15-39-24-10-19-6-5-7-23-22(14-34-18(3)35-23)20(19)11-21(24)29(38-39)17(2)41;1-15-5-6-25(32)35-28(15)36-29(42)23-11-31(4)12-24(31)39(23)26(41)14-38-22-9-18-7-8-43-30-21(13-33-17(3)34-30)19(18)10-20(22)27(37-38)16(2)40/h5-6,8,10,13,19,25-26,42H,7,9,11-12,14H2,1-4H3,(H,36,37,44);8-11,14,25-26H,5-7,12-13,15H2,1-4H3,(H,36,37,43);5-6,9-10,13,23-24H,7-8,11-12,14H2,1-4H3,(H,35,36,42)/t19?,25-,26+,32-;25-,26+,32-;23-,24+,31-/m000/s1. The van der Waals surface area contributed by atoms with Crippen LogP contribution >= 0.6 is 47.8 Å². The molecular weight excluding hydrogens is 1850 g/mol. The van der Waals surface area contributed by atoms with Gasteiger partial charge >= 0.3 is 0 Å². The number of fused-ring (bicyclic) bond motifs is 15. The fourth-order valence-electron chi connectivity index (χ4n) is 20.3. The Bertz CT molecular complexity index is 6660. The number of carbonyl (C=O) groups excluding carboxylic acids is 9. The van der Waals surface area contributed by atoms with E-state index in [9.17, 15) is 48.3 Å². The Morgan fingerprint density at radius 1 is 0.423 bits per heavy atom. The molecule has 0 bridgehead atoms. The number of aliphatic hydroxyl groups excluding tert-OH is 1. The number of aromatic nitrogens is 15. The number of ketones is 3. The summed E-state index contributed by atoms with van der Waals surface area (Å²) in [4.78, 5) is 166. The summed E-state index contributed by atoms with van der Waals surface area (Å²) in [6.07, 6.45) is 13.0. The van der Waals surface area contributed by atoms with E-state index in [-0.39, 0.29) is 118 Å². The van der Waals surface area contributed by atoms with Gasteiger partial charge in [0, 0.05) is 97.6 Å². The van der Waals surface area contributed by atoms with Gasteiger partial charge in [-0.3, -0.25) is 57.2 Å². The molecule has 21 rings (SSSR count). The molecule has 0 radical (unpaired) electrons. The number of hydrogen-bond acceptors (Lipinski definition) is 23. The second-order valence-electron chi connectivity index (χ2n) is 37.0. The van der Waals surface area contributed by atoms with Crippen molar-refractivity contribution in [2.45, 2.75) is 222 Å². The molecule has 4 aliphatic heterocycles. The SMILES string of the molecule is CC(=O)c1nn(CC(=O)N2[C@H](C(=O)Nc3nc(Br)ccc3C)C[C@@]3(C)C[C@@H]23)c2cc3c(cc12)-c1cnc(C)nc1CC(O)C3.CC(=O)c1nn(CC(=O)N2[C@H](C(=O)Nc3nc(Br)ccc3C)C[C@@]3(C)C[C@@H]23)c2cc3c(cc12)-c1cnc(C)nc1CCC3.CC(=O)c1nn(CC(=O)N2[C@H](C(=O)Nc3nc(Br)ccc3C)C[C@@]3(C)C[C@@H]23)c2cc3c(cc12)-c1cnc(C)nc1OCC3. The average Bonchev–Trinajstić information content (AvgIpc) is 1.55. The maximum Gasteiger partial charge on any atom is 0.248 e. The van der Waals surface area contributed by atoms with Crippen molar-refractivity contribution in [1.82, 2.24) is 88.9 Å². The normalized spacial score (nSPS) is 22.5. The number of halogens is 3. The summed E-state index contributed by atoms with van der Waals surface area (Å²) >= 11 is 10.1. The highest BCUT2D eigenvalue weighted by molar-refractivity contribution is 9.11. The summed E-state index contributed by atoms with van der Waals surface area (Å²) < 4.78 is 12.6. The number of aryl methyl sites for hydroxylation is 8. The summed E-state index contributed by atoms with van der Waals surface area (Å²) in [6.45, 7) is 22.1. The lowest BCUT2D eigenvalue weighted by Gasteiger charge is -2.27. The summed E-state index contributed by atoms with van der Waals surface area (Å²) in [5, 5.41) is 35.5. The molecule has 130 heavy (non-hydrogen) atoms. The van der Waals surface area contributed by atoms with Gasteiger partial charge in [0.15, 0.2) is 17.3 Å². The van der Waals surface area contributed by atoms with Gasteiger partial charge in [-0.15, -0.1) is 0 Å². The second-order valence-corrected chi connectivity index (χ2v) is 39.5. The van der Waals surface area contributed by atoms with Gasteiger partial charge in [0.05, 0.1) is 46.2 Å². The maximum absolute atomic E-state index is 14.0. The van der Waals surface area contributed by atoms with Crippen molar-refractivity contribution in [2.75, 3.05) is 22.6 Å². The first kappa shape index (κ1) is 87.1. The van der Waals surface area contributed by atoms with Gasteiger partial charge < -0.3 is 40.5 Å². The molecule has 32 nitrogen and oxygen atoms in total. The number of hydrogen-bond donors (Lipinski definition) is 4. The number of piperidine rings is 3. The lowest BCUT2D eigenvalue weighted by atomic mass is 9.96. The summed E-state index contributed by atoms with van der Waals surface area (Å²) in [7, 11) is 0. The van der Waals surface area contributed by atoms with Gasteiger partial charge in [-0.2, -0.15) is 20.3 Å². The zero-order chi connectivity index (χ0) is 91.5. The fraction of sp³-hybridized carbons (Fsp3) is 0.400. The summed E-state index contributed by atoms with van der Waals surface area (Å²) in [6, 6.07) is 20.9. The number of carbonyl (C=O) groups is 9. The van der Waals surface area contributed by atoms with E-state index in [1.165, 1.54) is 20.8 Å². The quantitative estimate of drug-likeness (QED) is 0.0547. The van der Waals surface area contributed by atoms with Crippen molar-refractivity contribution in [3.63, 3.8) is 0 Å². The second kappa shape index (κ2) is 33.0. The molecule has 12 aromatic rings. The monoisotopic (exact) mass is 1940 g/mol. The lowest BCUT2D eigenvalue weighted by Crippen LogP contribution is -2.47. The predicted molar refractivity (Wildman–Crippen MR) is 492 cm³/mol. The number of likely N-dealkylation sites (tertiary alicyclic amines) is 3. The number of amides is 6. The van der Waals surface area contributed by atoms with Crippen molar-refractivity contribution in [2.24, 2.45) is 16.2 Å². The number of ether oxygens (including phenoxy) is 1. The number of Topliss-reactive ketones (excluding diaryl/α,β-unsaturated/α-hetero) is 3. The van der Waals surface area contributed by atoms with Crippen LogP contribution < -0.4 is 20.7 Å². The molecule has 5 aliphatic carbocycles. The number of benzene rings is 3. The zero-order valence-corrected chi connectivity index (χ0v) is 78.5. The molecule has 3 aromatic carbocycles. The smallest absolute Gasteiger partial charge is 0.248 e. The van der Waals surface area contributed by atoms with Gasteiger partial charge in [0.2, 0.25) is 41.3 Å². The third-order valence-corrected chi connectivity index (χ3v) is 28.8. The predicted octanol–water partition coefficient (Wildman–Crippen LogP) is 13.3. The van der Waals surface area contributed by atoms with Crippen LogP contribution in [0.3, 0.4) is 0 Å². The van der Waals surface area contributed by atoms with E-state index in [0.717, 1.165) is 128 Å². The fourth-order valence-corrected chi connectivity index (χ4v) is 21.2. The lowest BCUT2D eigenvalue weighted by molar-refractivity contribution is -0.138. The molecule has 10 atom stereocenters. The van der Waals surface area contributed by atoms with Gasteiger partial charge in [-0.05, 0) is 274 Å². The zero-order valence-electron chi connectivity index (χ0n) is 73.7. The Labute approximate surface area is 772 Å². The van der Waals surface area contributed by atoms with Crippen LogP contribution in [0.5, 0.6) is 5.88 Å². The third kappa shape index (κ3) is 16.1. The Hall–Kier alpha value is -12.2. The van der Waals surface area contributed by atoms with Crippen molar-refractivity contribution in [1.29, 1.82) is 0 Å². The minimum absolute atomic E-state index is 0.00218. The molecular formula is C95H94Br3N21O11. The third-order valence-electron chi connectivity index (χ3n) is 27.4. The van der Waals surface area contributed by atoms with E-state index in [0.29, 0.717) is 127 Å². The number of nitrogens with zero attached hydrogens (tertiary/aromatic N) is 18. The number of anilines is 3. The number of rotatable bonds is 15. The highest BCUT2D eigenvalue weighted by Gasteiger charge is 2.67. The molecule has 3 saturated carbocycles. The van der Waals surface area contributed by atoms with Crippen LogP contribution in [0.15, 0.2) is 105 Å². The first-order chi connectivity index (χ1) is 61.9. The number of nitrogens with one attached hydrogen (secondary N) is 3. The van der Waals surface area contributed by atoms with Crippen LogP contribution in [-0.4, -0.2) is 196 Å². The van der Waals surface area contributed by atoms with E-state index >= 15 is 0 Å². The van der Waals surface area contributed by atoms with Crippen molar-refractivity contribution >= 4 is 151 Å². The highest BCUT2D eigenvalue weighted by Crippen LogP contribution is 2.62. The van der Waals surface area contributed by atoms with Crippen LogP contribution in [0.1, 0.15) is 180 Å². The molecule has 0 spiro atoms. The first-order valence-corrected chi connectivity index (χ1v) is 46.0. The molecule has 1 unspecified atom stereocenters. The Kier molecular flexibility index (Phi) is 22.1. The maximum atomic E-state index is 14.0. The Balaban J connectivity index is 0.000000126. The first-order valence-electron chi connectivity index (χ1n) is 43.7. The van der Waals surface area contributed by atoms with E-state index in [1.807, 2.05) is 114 Å².